The minimum atomic E-state index is -5.89. The zero-order valence-corrected chi connectivity index (χ0v) is 12.1. The molecule has 0 amide bonds. The molecule has 0 aliphatic heterocycles. The number of alkyl halides is 6. The Balaban J connectivity index is 2.53. The van der Waals surface area contributed by atoms with Crippen LogP contribution in [0.3, 0.4) is 0 Å². The van der Waals surface area contributed by atoms with Gasteiger partial charge in [0.25, 0.3) is 0 Å². The Hall–Kier alpha value is -1.56. The first-order valence-electron chi connectivity index (χ1n) is 5.33. The lowest BCUT2D eigenvalue weighted by molar-refractivity contribution is -0.643. The maximum atomic E-state index is 12.6. The van der Waals surface area contributed by atoms with Gasteiger partial charge in [-0.3, -0.25) is 0 Å². The molecule has 12 heteroatoms. The van der Waals surface area contributed by atoms with E-state index in [-0.39, 0.29) is 10.2 Å². The van der Waals surface area contributed by atoms with Crippen molar-refractivity contribution in [2.75, 3.05) is 0 Å². The van der Waals surface area contributed by atoms with Crippen LogP contribution in [-0.2, 0) is 23.3 Å². The summed E-state index contributed by atoms with van der Waals surface area (Å²) in [6, 6.07) is 2.45. The van der Waals surface area contributed by atoms with Gasteiger partial charge in [0.1, 0.15) is 11.7 Å². The van der Waals surface area contributed by atoms with Crippen molar-refractivity contribution < 1.29 is 43.5 Å². The highest BCUT2D eigenvalue weighted by molar-refractivity contribution is 7.88. The van der Waals surface area contributed by atoms with E-state index in [0.717, 1.165) is 23.7 Å². The van der Waals surface area contributed by atoms with E-state index in [2.05, 4.69) is 4.18 Å². The first kappa shape index (κ1) is 16.8. The van der Waals surface area contributed by atoms with Crippen molar-refractivity contribution in [2.45, 2.75) is 11.7 Å². The highest BCUT2D eigenvalue weighted by atomic mass is 32.2. The van der Waals surface area contributed by atoms with Crippen LogP contribution in [0.15, 0.2) is 18.2 Å². The number of thiazole rings is 1. The van der Waals surface area contributed by atoms with Crippen molar-refractivity contribution in [1.29, 1.82) is 0 Å². The van der Waals surface area contributed by atoms with Crippen molar-refractivity contribution in [1.82, 2.24) is 0 Å². The molecule has 0 saturated heterocycles. The van der Waals surface area contributed by atoms with E-state index >= 15 is 0 Å². The average molecular weight is 366 g/mol. The van der Waals surface area contributed by atoms with Gasteiger partial charge in [-0.05, 0) is 23.5 Å². The lowest BCUT2D eigenvalue weighted by Gasteiger charge is -2.05. The van der Waals surface area contributed by atoms with E-state index in [0.29, 0.717) is 17.4 Å². The molecule has 0 unspecified atom stereocenters. The third-order valence-electron chi connectivity index (χ3n) is 2.58. The number of rotatable bonds is 2. The Morgan fingerprint density at radius 3 is 2.23 bits per heavy atom. The fourth-order valence-corrected chi connectivity index (χ4v) is 3.18. The Labute approximate surface area is 123 Å². The minimum absolute atomic E-state index is 0.104. The zero-order valence-electron chi connectivity index (χ0n) is 10.5. The van der Waals surface area contributed by atoms with Gasteiger partial charge in [0, 0.05) is 6.07 Å². The van der Waals surface area contributed by atoms with Crippen LogP contribution in [-0.4, -0.2) is 13.9 Å². The molecule has 0 atom stereocenters. The van der Waals surface area contributed by atoms with Crippen LogP contribution in [0.1, 0.15) is 5.56 Å². The molecule has 0 aliphatic carbocycles. The molecule has 0 N–H and O–H groups in total. The SMILES string of the molecule is C[n+]1c(OS(=O)(=O)C(F)(F)F)sc2ccc(C(F)(F)F)cc21. The van der Waals surface area contributed by atoms with Gasteiger partial charge >= 0.3 is 27.0 Å². The molecular weight excluding hydrogens is 360 g/mol. The Kier molecular flexibility index (Phi) is 3.80. The number of hydrogen-bond donors (Lipinski definition) is 0. The van der Waals surface area contributed by atoms with Crippen LogP contribution >= 0.6 is 11.3 Å². The highest BCUT2D eigenvalue weighted by Gasteiger charge is 2.50. The van der Waals surface area contributed by atoms with Crippen molar-refractivity contribution >= 4 is 31.7 Å². The molecule has 1 aromatic carbocycles. The fourth-order valence-electron chi connectivity index (χ4n) is 1.52. The monoisotopic (exact) mass is 366 g/mol. The van der Waals surface area contributed by atoms with Gasteiger partial charge in [0.2, 0.25) is 5.52 Å². The van der Waals surface area contributed by atoms with Crippen LogP contribution in [0.25, 0.3) is 10.2 Å². The standard InChI is InChI=1S/C10H6F6NO3S2/c1-17-6-4-5(9(11,12)13)2-3-7(6)21-8(17)20-22(18,19)10(14,15)16/h2-4H,1H3/q+1. The number of hydrogen-bond acceptors (Lipinski definition) is 4. The van der Waals surface area contributed by atoms with E-state index in [1.807, 2.05) is 0 Å². The number of halogens is 6. The highest BCUT2D eigenvalue weighted by Crippen LogP contribution is 2.35. The maximum absolute atomic E-state index is 12.6. The van der Waals surface area contributed by atoms with Crippen LogP contribution in [0.2, 0.25) is 0 Å². The summed E-state index contributed by atoms with van der Waals surface area (Å²) in [7, 11) is -4.79. The third-order valence-corrected chi connectivity index (χ3v) is 4.73. The number of aromatic nitrogens is 1. The molecule has 22 heavy (non-hydrogen) atoms. The smallest absolute Gasteiger partial charge is 0.307 e. The normalized spacial score (nSPS) is 13.6. The van der Waals surface area contributed by atoms with E-state index in [4.69, 9.17) is 0 Å². The summed E-state index contributed by atoms with van der Waals surface area (Å²) < 4.78 is 101. The molecule has 0 bridgehead atoms. The first-order valence-corrected chi connectivity index (χ1v) is 7.56. The van der Waals surface area contributed by atoms with Crippen molar-refractivity contribution in [2.24, 2.45) is 7.05 Å². The van der Waals surface area contributed by atoms with Crippen LogP contribution in [0.4, 0.5) is 26.3 Å². The molecule has 0 fully saturated rings. The van der Waals surface area contributed by atoms with Crippen LogP contribution in [0.5, 0.6) is 5.19 Å². The van der Waals surface area contributed by atoms with Crippen molar-refractivity contribution in [3.05, 3.63) is 23.8 Å². The predicted molar refractivity (Wildman–Crippen MR) is 63.6 cm³/mol. The third kappa shape index (κ3) is 2.97. The molecule has 122 valence electrons. The zero-order chi connectivity index (χ0) is 16.9. The van der Waals surface area contributed by atoms with Crippen molar-refractivity contribution in [3.8, 4) is 5.19 Å². The second kappa shape index (κ2) is 4.98. The summed E-state index contributed by atoms with van der Waals surface area (Å²) in [6.45, 7) is 0. The molecule has 0 saturated carbocycles. The van der Waals surface area contributed by atoms with Gasteiger partial charge in [-0.2, -0.15) is 39.3 Å². The van der Waals surface area contributed by atoms with Gasteiger partial charge in [-0.25, -0.2) is 0 Å². The fraction of sp³-hybridized carbons (Fsp3) is 0.300. The topological polar surface area (TPSA) is 47.2 Å². The molecule has 1 heterocycles. The largest absolute Gasteiger partial charge is 0.534 e. The van der Waals surface area contributed by atoms with Gasteiger partial charge in [-0.1, -0.05) is 0 Å². The summed E-state index contributed by atoms with van der Waals surface area (Å²) in [4.78, 5) is 0. The van der Waals surface area contributed by atoms with Gasteiger partial charge in [-0.15, -0.1) is 0 Å². The Morgan fingerprint density at radius 1 is 1.14 bits per heavy atom. The summed E-state index contributed by atoms with van der Waals surface area (Å²) in [5.74, 6) is 0. The average Bonchev–Trinajstić information content (AvgIpc) is 2.63. The molecule has 0 spiro atoms. The molecular formula is C10H6F6NO3S2+. The predicted octanol–water partition coefficient (Wildman–Crippen LogP) is 2.97. The van der Waals surface area contributed by atoms with Crippen LogP contribution < -0.4 is 8.75 Å². The van der Waals surface area contributed by atoms with Crippen LogP contribution in [0, 0.1) is 0 Å². The molecule has 0 aliphatic rings. The summed E-state index contributed by atoms with van der Waals surface area (Å²) >= 11 is 0.480. The van der Waals surface area contributed by atoms with E-state index in [9.17, 15) is 34.8 Å². The Morgan fingerprint density at radius 2 is 1.73 bits per heavy atom. The van der Waals surface area contributed by atoms with Crippen molar-refractivity contribution in [3.63, 3.8) is 0 Å². The summed E-state index contributed by atoms with van der Waals surface area (Å²) in [5.41, 5.74) is -6.75. The molecule has 2 rings (SSSR count). The number of fused-ring (bicyclic) bond motifs is 1. The summed E-state index contributed by atoms with van der Waals surface area (Å²) in [6.07, 6.45) is -4.64. The second-order valence-corrected chi connectivity index (χ2v) is 6.62. The number of benzene rings is 1. The van der Waals surface area contributed by atoms with Gasteiger partial charge < -0.3 is 4.18 Å². The molecule has 0 radical (unpaired) electrons. The Bertz CT molecular complexity index is 822. The molecule has 4 nitrogen and oxygen atoms in total. The van der Waals surface area contributed by atoms with Gasteiger partial charge in [0.15, 0.2) is 0 Å². The quantitative estimate of drug-likeness (QED) is 0.355. The molecule has 1 aromatic heterocycles. The minimum Gasteiger partial charge on any atom is -0.307 e. The second-order valence-electron chi connectivity index (χ2n) is 4.09. The van der Waals surface area contributed by atoms with E-state index < -0.39 is 32.6 Å². The van der Waals surface area contributed by atoms with E-state index in [1.165, 1.54) is 0 Å². The van der Waals surface area contributed by atoms with Gasteiger partial charge in [0.05, 0.1) is 5.56 Å². The number of nitrogens with zero attached hydrogens (tertiary/aromatic N) is 1. The maximum Gasteiger partial charge on any atom is 0.534 e. The first-order chi connectivity index (χ1) is 9.83. The lowest BCUT2D eigenvalue weighted by Crippen LogP contribution is -2.34. The number of aryl methyl sites for hydroxylation is 1. The lowest BCUT2D eigenvalue weighted by atomic mass is 10.2. The summed E-state index contributed by atoms with van der Waals surface area (Å²) in [5, 5.41) is -0.702. The van der Waals surface area contributed by atoms with E-state index in [1.54, 1.807) is 0 Å². The molecule has 2 aromatic rings.